The van der Waals surface area contributed by atoms with Gasteiger partial charge in [-0.3, -0.25) is 9.59 Å². The molecule has 1 unspecified atom stereocenters. The third-order valence-electron chi connectivity index (χ3n) is 7.00. The molecule has 1 saturated carbocycles. The number of nitrogens with zero attached hydrogens (tertiary/aromatic N) is 2. The summed E-state index contributed by atoms with van der Waals surface area (Å²) < 4.78 is 5.54. The fourth-order valence-electron chi connectivity index (χ4n) is 4.98. The van der Waals surface area contributed by atoms with Gasteiger partial charge in [0, 0.05) is 44.3 Å². The van der Waals surface area contributed by atoms with Crippen LogP contribution in [0.4, 0.5) is 0 Å². The van der Waals surface area contributed by atoms with E-state index in [0.717, 1.165) is 63.7 Å². The summed E-state index contributed by atoms with van der Waals surface area (Å²) in [5, 5.41) is 0. The minimum atomic E-state index is 0.206. The number of allylic oxidation sites excluding steroid dienone is 1. The molecule has 1 spiro atoms. The summed E-state index contributed by atoms with van der Waals surface area (Å²) in [4.78, 5) is 29.6. The first-order valence-electron chi connectivity index (χ1n) is 11.2. The van der Waals surface area contributed by atoms with Gasteiger partial charge in [0.2, 0.25) is 11.8 Å². The van der Waals surface area contributed by atoms with E-state index in [9.17, 15) is 9.59 Å². The summed E-state index contributed by atoms with van der Waals surface area (Å²) >= 11 is 0. The summed E-state index contributed by atoms with van der Waals surface area (Å²) in [6.45, 7) is 11.4. The highest BCUT2D eigenvalue weighted by atomic mass is 16.5. The predicted octanol–water partition coefficient (Wildman–Crippen LogP) is 3.92. The minimum Gasteiger partial charge on any atom is -0.379 e. The number of rotatable bonds is 6. The molecule has 1 atom stereocenters. The van der Waals surface area contributed by atoms with Crippen LogP contribution in [0.2, 0.25) is 0 Å². The summed E-state index contributed by atoms with van der Waals surface area (Å²) in [5.74, 6) is 0.509. The van der Waals surface area contributed by atoms with Gasteiger partial charge in [0.05, 0.1) is 6.10 Å². The van der Waals surface area contributed by atoms with Gasteiger partial charge in [-0.25, -0.2) is 0 Å². The SMILES string of the molecule is CC(C(=O)N1CC2(CCN(C(=O)CCCOC(C)C)CC2)CC1C)=C1CCC1. The van der Waals surface area contributed by atoms with Gasteiger partial charge in [-0.2, -0.15) is 0 Å². The average Bonchev–Trinajstić information content (AvgIpc) is 2.92. The quantitative estimate of drug-likeness (QED) is 0.510. The number of likely N-dealkylation sites (tertiary alicyclic amines) is 2. The van der Waals surface area contributed by atoms with Crippen molar-refractivity contribution in [1.29, 1.82) is 0 Å². The molecule has 0 aromatic rings. The second-order valence-electron chi connectivity index (χ2n) is 9.47. The van der Waals surface area contributed by atoms with Crippen LogP contribution >= 0.6 is 0 Å². The molecule has 3 rings (SSSR count). The molecule has 2 heterocycles. The van der Waals surface area contributed by atoms with Crippen molar-refractivity contribution < 1.29 is 14.3 Å². The summed E-state index contributed by atoms with van der Waals surface area (Å²) in [7, 11) is 0. The van der Waals surface area contributed by atoms with Crippen molar-refractivity contribution in [2.24, 2.45) is 5.41 Å². The lowest BCUT2D eigenvalue weighted by Gasteiger charge is -2.39. The zero-order valence-corrected chi connectivity index (χ0v) is 18.3. The highest BCUT2D eigenvalue weighted by Crippen LogP contribution is 2.44. The van der Waals surface area contributed by atoms with Crippen molar-refractivity contribution >= 4 is 11.8 Å². The molecule has 0 radical (unpaired) electrons. The molecular weight excluding hydrogens is 352 g/mol. The van der Waals surface area contributed by atoms with Crippen molar-refractivity contribution in [1.82, 2.24) is 9.80 Å². The molecule has 0 aromatic carbocycles. The van der Waals surface area contributed by atoms with Crippen molar-refractivity contribution in [2.45, 2.75) is 91.2 Å². The van der Waals surface area contributed by atoms with E-state index in [1.807, 2.05) is 25.7 Å². The van der Waals surface area contributed by atoms with Crippen molar-refractivity contribution in [3.05, 3.63) is 11.1 Å². The van der Waals surface area contributed by atoms with E-state index in [1.54, 1.807) is 0 Å². The molecule has 5 nitrogen and oxygen atoms in total. The van der Waals surface area contributed by atoms with Crippen LogP contribution in [0.5, 0.6) is 0 Å². The van der Waals surface area contributed by atoms with Gasteiger partial charge >= 0.3 is 0 Å². The molecule has 2 saturated heterocycles. The standard InChI is InChI=1S/C23H38N2O3/c1-17(2)28-14-6-9-21(26)24-12-10-23(11-13-24)15-18(3)25(16-23)22(27)19(4)20-7-5-8-20/h17-18H,5-16H2,1-4H3. The molecule has 158 valence electrons. The first-order valence-corrected chi connectivity index (χ1v) is 11.2. The molecule has 28 heavy (non-hydrogen) atoms. The molecule has 3 aliphatic rings. The topological polar surface area (TPSA) is 49.9 Å². The summed E-state index contributed by atoms with van der Waals surface area (Å²) in [6, 6.07) is 0.304. The Morgan fingerprint density at radius 2 is 1.89 bits per heavy atom. The van der Waals surface area contributed by atoms with E-state index in [0.29, 0.717) is 19.1 Å². The maximum Gasteiger partial charge on any atom is 0.249 e. The van der Waals surface area contributed by atoms with Crippen LogP contribution < -0.4 is 0 Å². The van der Waals surface area contributed by atoms with Crippen LogP contribution in [0.25, 0.3) is 0 Å². The van der Waals surface area contributed by atoms with Crippen LogP contribution in [-0.2, 0) is 14.3 Å². The van der Waals surface area contributed by atoms with Gasteiger partial charge in [0.15, 0.2) is 0 Å². The minimum absolute atomic E-state index is 0.206. The van der Waals surface area contributed by atoms with E-state index in [1.165, 1.54) is 12.0 Å². The van der Waals surface area contributed by atoms with Crippen LogP contribution in [0.15, 0.2) is 11.1 Å². The molecule has 0 N–H and O–H groups in total. The van der Waals surface area contributed by atoms with Crippen LogP contribution in [0.1, 0.15) is 79.1 Å². The summed E-state index contributed by atoms with van der Waals surface area (Å²) in [6.07, 6.45) is 8.14. The number of carbonyl (C=O) groups is 2. The van der Waals surface area contributed by atoms with Gasteiger partial charge in [0.1, 0.15) is 0 Å². The first-order chi connectivity index (χ1) is 13.3. The van der Waals surface area contributed by atoms with E-state index in [2.05, 4.69) is 11.8 Å². The Morgan fingerprint density at radius 1 is 1.21 bits per heavy atom. The smallest absolute Gasteiger partial charge is 0.249 e. The van der Waals surface area contributed by atoms with Gasteiger partial charge < -0.3 is 14.5 Å². The number of carbonyl (C=O) groups excluding carboxylic acids is 2. The maximum absolute atomic E-state index is 13.0. The van der Waals surface area contributed by atoms with Gasteiger partial charge in [-0.1, -0.05) is 5.57 Å². The maximum atomic E-state index is 13.0. The lowest BCUT2D eigenvalue weighted by atomic mass is 9.76. The Kier molecular flexibility index (Phi) is 6.85. The average molecular weight is 391 g/mol. The number of hydrogen-bond acceptors (Lipinski definition) is 3. The third-order valence-corrected chi connectivity index (χ3v) is 7.00. The van der Waals surface area contributed by atoms with Gasteiger partial charge in [0.25, 0.3) is 0 Å². The molecule has 2 amide bonds. The van der Waals surface area contributed by atoms with Crippen LogP contribution in [0, 0.1) is 5.41 Å². The molecule has 5 heteroatoms. The largest absolute Gasteiger partial charge is 0.379 e. The molecule has 3 fully saturated rings. The Labute approximate surface area is 170 Å². The lowest BCUT2D eigenvalue weighted by Crippen LogP contribution is -2.44. The highest BCUT2D eigenvalue weighted by molar-refractivity contribution is 5.94. The van der Waals surface area contributed by atoms with Crippen LogP contribution in [0.3, 0.4) is 0 Å². The fraction of sp³-hybridized carbons (Fsp3) is 0.826. The molecule has 2 aliphatic heterocycles. The second kappa shape index (κ2) is 8.98. The Morgan fingerprint density at radius 3 is 2.46 bits per heavy atom. The number of piperidine rings is 1. The third kappa shape index (κ3) is 4.79. The highest BCUT2D eigenvalue weighted by Gasteiger charge is 2.46. The number of ether oxygens (including phenoxy) is 1. The summed E-state index contributed by atoms with van der Waals surface area (Å²) in [5.41, 5.74) is 2.56. The van der Waals surface area contributed by atoms with Gasteiger partial charge in [-0.05, 0) is 78.1 Å². The monoisotopic (exact) mass is 390 g/mol. The van der Waals surface area contributed by atoms with Crippen molar-refractivity contribution in [3.63, 3.8) is 0 Å². The second-order valence-corrected chi connectivity index (χ2v) is 9.47. The van der Waals surface area contributed by atoms with Crippen molar-refractivity contribution in [3.8, 4) is 0 Å². The lowest BCUT2D eigenvalue weighted by molar-refractivity contribution is -0.134. The zero-order valence-electron chi connectivity index (χ0n) is 18.3. The molecule has 0 bridgehead atoms. The number of amides is 2. The first kappa shape index (κ1) is 21.4. The number of hydrogen-bond donors (Lipinski definition) is 0. The Hall–Kier alpha value is -1.36. The normalized spacial score (nSPS) is 24.0. The predicted molar refractivity (Wildman–Crippen MR) is 111 cm³/mol. The zero-order chi connectivity index (χ0) is 20.3. The van der Waals surface area contributed by atoms with E-state index in [4.69, 9.17) is 4.74 Å². The van der Waals surface area contributed by atoms with Gasteiger partial charge in [-0.15, -0.1) is 0 Å². The fourth-order valence-corrected chi connectivity index (χ4v) is 4.98. The Bertz CT molecular complexity index is 611. The molecule has 1 aliphatic carbocycles. The molecule has 0 aromatic heterocycles. The molecular formula is C23H38N2O3. The van der Waals surface area contributed by atoms with Crippen LogP contribution in [-0.4, -0.2) is 60.0 Å². The van der Waals surface area contributed by atoms with E-state index < -0.39 is 0 Å². The Balaban J connectivity index is 1.48. The van der Waals surface area contributed by atoms with E-state index >= 15 is 0 Å². The van der Waals surface area contributed by atoms with Crippen molar-refractivity contribution in [2.75, 3.05) is 26.2 Å². The van der Waals surface area contributed by atoms with E-state index in [-0.39, 0.29) is 23.3 Å².